The monoisotopic (exact) mass is 1400 g/mol. The molecule has 0 spiro atoms. The third-order valence-electron chi connectivity index (χ3n) is 17.3. The van der Waals surface area contributed by atoms with Crippen LogP contribution < -0.4 is 14.7 Å². The Morgan fingerprint density at radius 3 is 1.35 bits per heavy atom. The van der Waals surface area contributed by atoms with Crippen molar-refractivity contribution in [2.24, 2.45) is 17.8 Å². The number of halogens is 6. The number of alkyl halides is 3. The number of thiophene rings is 2. The van der Waals surface area contributed by atoms with Gasteiger partial charge < -0.3 is 33.8 Å². The van der Waals surface area contributed by atoms with Crippen LogP contribution in [0.3, 0.4) is 0 Å². The smallest absolute Gasteiger partial charge is 0.399 e. The number of hydrogen-bond acceptors (Lipinski definition) is 18. The maximum Gasteiger partial charge on any atom is 0.470 e. The molecular weight excluding hydrogens is 1330 g/mol. The topological polar surface area (TPSA) is 212 Å². The van der Waals surface area contributed by atoms with E-state index in [-0.39, 0.29) is 79.0 Å². The average Bonchev–Trinajstić information content (AvgIpc) is 1.76. The van der Waals surface area contributed by atoms with Gasteiger partial charge >= 0.3 is 18.1 Å². The minimum absolute atomic E-state index is 0.0741. The van der Waals surface area contributed by atoms with Crippen molar-refractivity contribution in [3.05, 3.63) is 121 Å². The Morgan fingerprint density at radius 2 is 0.978 bits per heavy atom. The van der Waals surface area contributed by atoms with E-state index >= 15 is 0 Å². The molecule has 5 aromatic heterocycles. The van der Waals surface area contributed by atoms with Crippen LogP contribution in [-0.2, 0) is 49.1 Å². The summed E-state index contributed by atoms with van der Waals surface area (Å²) in [5.41, 5.74) is 2.62. The second kappa shape index (κ2) is 30.4. The summed E-state index contributed by atoms with van der Waals surface area (Å²) >= 11 is 8.59. The molecule has 3 amide bonds. The first-order valence-corrected chi connectivity index (χ1v) is 38.6. The van der Waals surface area contributed by atoms with E-state index in [1.165, 1.54) is 34.4 Å². The minimum atomic E-state index is -4.76. The number of carbonyl (C=O) groups is 3. The molecule has 6 fully saturated rings. The Hall–Kier alpha value is -6.71. The number of aromatic nitrogens is 6. The average molecular weight is 1400 g/mol. The molecule has 502 valence electrons. The lowest BCUT2D eigenvalue weighted by Gasteiger charge is -2.43. The highest BCUT2D eigenvalue weighted by atomic mass is 35.5. The van der Waals surface area contributed by atoms with Gasteiger partial charge in [-0.1, -0.05) is 28.8 Å². The molecule has 0 radical (unpaired) electrons. The van der Waals surface area contributed by atoms with Gasteiger partial charge in [-0.05, 0) is 147 Å². The fraction of sp³-hybridized carbons (Fsp3) is 0.492. The highest BCUT2D eigenvalue weighted by Gasteiger charge is 2.43. The Bertz CT molecular complexity index is 3920. The lowest BCUT2D eigenvalue weighted by atomic mass is 9.96. The van der Waals surface area contributed by atoms with Crippen LogP contribution in [0.4, 0.5) is 39.6 Å². The molecule has 93 heavy (non-hydrogen) atoms. The second-order valence-corrected chi connectivity index (χ2v) is 35.0. The van der Waals surface area contributed by atoms with Crippen LogP contribution in [0.2, 0.25) is 4.34 Å². The van der Waals surface area contributed by atoms with Gasteiger partial charge in [0.25, 0.3) is 0 Å². The molecule has 6 aliphatic heterocycles. The SMILES string of the molecule is C#CC.C=S1(=O)CCC(C(=O)N2CCN(c3cnc(C)cn3)CC2c2ccc(Cl)s2)CC1.C=S1(=O)CCC(C(=O)N2CCN(c3cnc(C)cn3)CC2c2ccc(F)cc2)CC1.C=S1(=O)CCC(C(=O)N2CCN(c3nnc(C(F)(F)F)o3)CC2c2ccc(F)s2)CC1. The molecule has 19 nitrogen and oxygen atoms in total. The number of rotatable bonds is 9. The van der Waals surface area contributed by atoms with Gasteiger partial charge in [0, 0.05) is 121 Å². The van der Waals surface area contributed by atoms with Crippen molar-refractivity contribution < 1.29 is 53.4 Å². The van der Waals surface area contributed by atoms with Crippen LogP contribution in [0.15, 0.2) is 77.7 Å². The molecule has 12 rings (SSSR count). The number of carbonyl (C=O) groups excluding carboxylic acids is 3. The van der Waals surface area contributed by atoms with Crippen molar-refractivity contribution in [1.82, 2.24) is 44.8 Å². The van der Waals surface area contributed by atoms with Crippen LogP contribution in [0, 0.1) is 54.9 Å². The van der Waals surface area contributed by atoms with Crippen molar-refractivity contribution in [3.8, 4) is 12.3 Å². The van der Waals surface area contributed by atoms with E-state index in [9.17, 15) is 49.0 Å². The highest BCUT2D eigenvalue weighted by Crippen LogP contribution is 2.39. The number of nitrogens with zero attached hydrogens (tertiary/aromatic N) is 12. The summed E-state index contributed by atoms with van der Waals surface area (Å²) in [5.74, 6) is 15.9. The van der Waals surface area contributed by atoms with Crippen LogP contribution in [0.5, 0.6) is 0 Å². The zero-order valence-electron chi connectivity index (χ0n) is 52.0. The third kappa shape index (κ3) is 18.4. The van der Waals surface area contributed by atoms with Gasteiger partial charge in [0.05, 0.1) is 58.6 Å². The van der Waals surface area contributed by atoms with E-state index in [4.69, 9.17) is 16.0 Å². The van der Waals surface area contributed by atoms with Crippen LogP contribution in [0.25, 0.3) is 0 Å². The summed E-state index contributed by atoms with van der Waals surface area (Å²) in [6.07, 6.45) is 10.3. The summed E-state index contributed by atoms with van der Waals surface area (Å²) in [4.78, 5) is 70.6. The van der Waals surface area contributed by atoms with E-state index in [0.29, 0.717) is 122 Å². The van der Waals surface area contributed by atoms with Crippen molar-refractivity contribution in [2.75, 3.05) is 108 Å². The number of amides is 3. The van der Waals surface area contributed by atoms with Crippen LogP contribution in [-0.4, -0.2) is 186 Å². The minimum Gasteiger partial charge on any atom is -0.399 e. The first kappa shape index (κ1) is 70.6. The van der Waals surface area contributed by atoms with Gasteiger partial charge in [0.1, 0.15) is 17.5 Å². The Labute approximate surface area is 553 Å². The predicted molar refractivity (Wildman–Crippen MR) is 361 cm³/mol. The number of aryl methyl sites for hydroxylation is 2. The molecule has 0 saturated carbocycles. The van der Waals surface area contributed by atoms with Crippen molar-refractivity contribution in [3.63, 3.8) is 0 Å². The molecule has 6 saturated heterocycles. The molecule has 1 aromatic carbocycles. The molecule has 6 aromatic rings. The normalized spacial score (nSPS) is 26.7. The quantitative estimate of drug-likeness (QED) is 0.0751. The number of anilines is 3. The first-order valence-electron chi connectivity index (χ1n) is 30.3. The molecule has 30 heteroatoms. The maximum atomic E-state index is 13.7. The van der Waals surface area contributed by atoms with E-state index in [1.807, 2.05) is 35.8 Å². The van der Waals surface area contributed by atoms with E-state index in [1.54, 1.807) is 54.8 Å². The second-order valence-electron chi connectivity index (χ2n) is 24.0. The number of piperazine rings is 3. The maximum absolute atomic E-state index is 13.7. The van der Waals surface area contributed by atoms with Gasteiger partial charge in [0.15, 0.2) is 5.13 Å². The van der Waals surface area contributed by atoms with Crippen molar-refractivity contribution >= 4 is 116 Å². The molecule has 3 atom stereocenters. The fourth-order valence-corrected chi connectivity index (χ4v) is 19.0. The van der Waals surface area contributed by atoms with Gasteiger partial charge in [0.2, 0.25) is 17.7 Å². The number of terminal acetylenes is 1. The fourth-order valence-electron chi connectivity index (χ4n) is 12.1. The van der Waals surface area contributed by atoms with Gasteiger partial charge in [-0.2, -0.15) is 17.6 Å². The molecule has 0 aliphatic carbocycles. The Morgan fingerprint density at radius 1 is 0.581 bits per heavy atom. The van der Waals surface area contributed by atoms with Crippen LogP contribution in [0.1, 0.15) is 96.2 Å². The Kier molecular flexibility index (Phi) is 23.0. The Balaban J connectivity index is 0.000000161. The lowest BCUT2D eigenvalue weighted by molar-refractivity contribution is -0.157. The standard InChI is InChI=1S/C22H27FN4O2S.C20H25ClN4O2S2.C18H20F4N4O3S2.C3H4/c1-16-13-25-21(14-24-16)26-9-10-27(20(15-26)17-3-5-19(23)6-4-17)22(28)18-7-11-30(2,29)12-8-18;1-14-11-23-19(12-22-14)24-7-8-25(16(13-24)17-3-4-18(21)28-17)20(26)15-5-9-29(2,27)10-6-15;1-31(28)8-4-11(5-9-31)15(27)26-7-6-25(10-12(26)13-2-3-14(19)30-13)17-24-23-16(29-17)18(20,21)22;1-3-2/h3-6,13-14,18,20H,2,7-12,15H2,1H3;3-4,11-12,15-16H,2,5-10,13H2,1H3;2-3,11-12H,1,4-10H2;1H,2H3. The van der Waals surface area contributed by atoms with E-state index in [0.717, 1.165) is 44.8 Å². The summed E-state index contributed by atoms with van der Waals surface area (Å²) in [6, 6.07) is 11.9. The highest BCUT2D eigenvalue weighted by molar-refractivity contribution is 8.00. The van der Waals surface area contributed by atoms with Gasteiger partial charge in [-0.25, -0.2) is 14.4 Å². The molecule has 0 N–H and O–H groups in total. The molecular formula is C63H76ClF5N12O7S5. The van der Waals surface area contributed by atoms with Gasteiger partial charge in [-0.3, -0.25) is 37.0 Å². The molecule has 11 heterocycles. The molecule has 6 aliphatic rings. The molecule has 0 bridgehead atoms. The number of hydrogen-bond donors (Lipinski definition) is 0. The summed E-state index contributed by atoms with van der Waals surface area (Å²) in [5, 5.41) is 6.12. The van der Waals surface area contributed by atoms with Crippen molar-refractivity contribution in [2.45, 2.75) is 83.6 Å². The molecule has 3 unspecified atom stereocenters. The largest absolute Gasteiger partial charge is 0.470 e. The zero-order chi connectivity index (χ0) is 67.0. The summed E-state index contributed by atoms with van der Waals surface area (Å²) < 4.78 is 108. The van der Waals surface area contributed by atoms with E-state index < -0.39 is 51.8 Å². The van der Waals surface area contributed by atoms with Gasteiger partial charge in [-0.15, -0.1) is 40.1 Å². The van der Waals surface area contributed by atoms with Crippen molar-refractivity contribution in [1.29, 1.82) is 0 Å². The third-order valence-corrected chi connectivity index (χ3v) is 25.5. The van der Waals surface area contributed by atoms with E-state index in [2.05, 4.69) is 69.9 Å². The lowest BCUT2D eigenvalue weighted by Crippen LogP contribution is -2.53. The number of benzene rings is 1. The first-order chi connectivity index (χ1) is 44.1. The summed E-state index contributed by atoms with van der Waals surface area (Å²) in [6.45, 7) is 9.67. The van der Waals surface area contributed by atoms with Crippen LogP contribution >= 0.6 is 34.3 Å². The predicted octanol–water partition coefficient (Wildman–Crippen LogP) is 8.90. The zero-order valence-corrected chi connectivity index (χ0v) is 56.8. The summed E-state index contributed by atoms with van der Waals surface area (Å²) in [7, 11) is -6.18.